The number of aldehydes is 1. The summed E-state index contributed by atoms with van der Waals surface area (Å²) in [6.07, 6.45) is 4.67. The molecular weight excluding hydrogens is 168 g/mol. The van der Waals surface area contributed by atoms with E-state index in [1.54, 1.807) is 0 Å². The van der Waals surface area contributed by atoms with E-state index in [1.807, 2.05) is 0 Å². The number of carbonyl (C=O) groups is 1. The van der Waals surface area contributed by atoms with E-state index in [9.17, 15) is 4.79 Å². The predicted molar refractivity (Wildman–Crippen MR) is 36.1 cm³/mol. The molecule has 0 N–H and O–H groups in total. The maximum Gasteiger partial charge on any atom is 0.133 e. The second kappa shape index (κ2) is 2.62. The summed E-state index contributed by atoms with van der Waals surface area (Å²) in [5.41, 5.74) is 0. The lowest BCUT2D eigenvalue weighted by atomic mass is 10.2. The summed E-state index contributed by atoms with van der Waals surface area (Å²) < 4.78 is 0. The second-order valence-electron chi connectivity index (χ2n) is 2.33. The van der Waals surface area contributed by atoms with Gasteiger partial charge in [0.25, 0.3) is 0 Å². The van der Waals surface area contributed by atoms with Gasteiger partial charge in [0, 0.05) is 0 Å². The molecule has 0 aromatic carbocycles. The van der Waals surface area contributed by atoms with Gasteiger partial charge in [-0.05, 0) is 12.3 Å². The summed E-state index contributed by atoms with van der Waals surface area (Å²) in [6.45, 7) is 0. The topological polar surface area (TPSA) is 17.1 Å². The van der Waals surface area contributed by atoms with Gasteiger partial charge in [0.15, 0.2) is 0 Å². The second-order valence-corrected chi connectivity index (χ2v) is 3.51. The van der Waals surface area contributed by atoms with Crippen molar-refractivity contribution in [3.8, 4) is 0 Å². The molecule has 0 aromatic heterocycles. The summed E-state index contributed by atoms with van der Waals surface area (Å²) >= 11 is 3.25. The van der Waals surface area contributed by atoms with Crippen molar-refractivity contribution in [1.29, 1.82) is 0 Å². The number of alkyl halides is 1. The highest BCUT2D eigenvalue weighted by molar-refractivity contribution is 9.09. The summed E-state index contributed by atoms with van der Waals surface area (Å²) in [4.78, 5) is 10.1. The van der Waals surface area contributed by atoms with Gasteiger partial charge < -0.3 is 4.79 Å². The van der Waals surface area contributed by atoms with Crippen LogP contribution in [0.5, 0.6) is 0 Å². The van der Waals surface area contributed by atoms with Crippen molar-refractivity contribution in [1.82, 2.24) is 0 Å². The zero-order valence-electron chi connectivity index (χ0n) is 4.64. The van der Waals surface area contributed by atoms with E-state index >= 15 is 0 Å². The van der Waals surface area contributed by atoms with Gasteiger partial charge in [0.05, 0.1) is 4.83 Å². The zero-order valence-corrected chi connectivity index (χ0v) is 6.23. The largest absolute Gasteiger partial charge is 0.302 e. The fraction of sp³-hybridized carbons (Fsp3) is 0.833. The Bertz CT molecular complexity index is 88.5. The first-order chi connectivity index (χ1) is 3.83. The molecule has 8 heavy (non-hydrogen) atoms. The normalized spacial score (nSPS) is 22.6. The van der Waals surface area contributed by atoms with Crippen molar-refractivity contribution >= 4 is 22.2 Å². The molecule has 1 rings (SSSR count). The Morgan fingerprint density at radius 1 is 1.75 bits per heavy atom. The van der Waals surface area contributed by atoms with Gasteiger partial charge in [-0.1, -0.05) is 28.8 Å². The van der Waals surface area contributed by atoms with Crippen LogP contribution in [0.3, 0.4) is 0 Å². The summed E-state index contributed by atoms with van der Waals surface area (Å²) in [5.74, 6) is 0.851. The molecule has 0 aliphatic heterocycles. The Labute approximate surface area is 57.6 Å². The van der Waals surface area contributed by atoms with Crippen LogP contribution in [-0.2, 0) is 4.79 Å². The van der Waals surface area contributed by atoms with Crippen molar-refractivity contribution in [2.45, 2.75) is 24.1 Å². The summed E-state index contributed by atoms with van der Waals surface area (Å²) in [7, 11) is 0. The molecule has 0 heterocycles. The Kier molecular flexibility index (Phi) is 2.06. The van der Waals surface area contributed by atoms with Gasteiger partial charge in [-0.2, -0.15) is 0 Å². The average molecular weight is 177 g/mol. The molecule has 1 nitrogen and oxygen atoms in total. The maximum absolute atomic E-state index is 10.0. The number of halogens is 1. The number of rotatable bonds is 3. The van der Waals surface area contributed by atoms with E-state index in [1.165, 1.54) is 12.8 Å². The van der Waals surface area contributed by atoms with Crippen LogP contribution in [0.4, 0.5) is 0 Å². The van der Waals surface area contributed by atoms with Crippen LogP contribution in [0.1, 0.15) is 19.3 Å². The Morgan fingerprint density at radius 2 is 2.38 bits per heavy atom. The van der Waals surface area contributed by atoms with Gasteiger partial charge >= 0.3 is 0 Å². The van der Waals surface area contributed by atoms with Crippen molar-refractivity contribution in [3.05, 3.63) is 0 Å². The summed E-state index contributed by atoms with van der Waals surface area (Å²) in [6, 6.07) is 0. The molecular formula is C6H9BrO. The van der Waals surface area contributed by atoms with Crippen LogP contribution in [0, 0.1) is 5.92 Å². The van der Waals surface area contributed by atoms with Gasteiger partial charge in [-0.15, -0.1) is 0 Å². The highest BCUT2D eigenvalue weighted by Gasteiger charge is 2.23. The van der Waals surface area contributed by atoms with E-state index in [0.717, 1.165) is 18.6 Å². The first-order valence-electron chi connectivity index (χ1n) is 2.92. The lowest BCUT2D eigenvalue weighted by Crippen LogP contribution is -1.98. The average Bonchev–Trinajstić information content (AvgIpc) is 2.50. The molecule has 0 unspecified atom stereocenters. The first-order valence-corrected chi connectivity index (χ1v) is 3.84. The van der Waals surface area contributed by atoms with E-state index < -0.39 is 0 Å². The lowest BCUT2D eigenvalue weighted by Gasteiger charge is -1.94. The fourth-order valence-corrected chi connectivity index (χ4v) is 1.26. The first kappa shape index (κ1) is 6.27. The lowest BCUT2D eigenvalue weighted by molar-refractivity contribution is -0.107. The zero-order chi connectivity index (χ0) is 5.98. The van der Waals surface area contributed by atoms with Crippen LogP contribution in [-0.4, -0.2) is 11.1 Å². The molecule has 46 valence electrons. The fourth-order valence-electron chi connectivity index (χ4n) is 0.728. The molecule has 0 bridgehead atoms. The quantitative estimate of drug-likeness (QED) is 0.474. The molecule has 0 amide bonds. The molecule has 0 aromatic rings. The summed E-state index contributed by atoms with van der Waals surface area (Å²) in [5, 5.41) is 0. The third-order valence-electron chi connectivity index (χ3n) is 1.40. The molecule has 0 spiro atoms. The van der Waals surface area contributed by atoms with Crippen LogP contribution in [0.25, 0.3) is 0 Å². The third kappa shape index (κ3) is 1.95. The molecule has 0 radical (unpaired) electrons. The van der Waals surface area contributed by atoms with E-state index in [-0.39, 0.29) is 4.83 Å². The number of hydrogen-bond acceptors (Lipinski definition) is 1. The van der Waals surface area contributed by atoms with Gasteiger partial charge in [-0.3, -0.25) is 0 Å². The van der Waals surface area contributed by atoms with Crippen molar-refractivity contribution < 1.29 is 4.79 Å². The van der Waals surface area contributed by atoms with Crippen LogP contribution < -0.4 is 0 Å². The Hall–Kier alpha value is 0.150. The van der Waals surface area contributed by atoms with Crippen LogP contribution >= 0.6 is 15.9 Å². The van der Waals surface area contributed by atoms with Gasteiger partial charge in [-0.25, -0.2) is 0 Å². The molecule has 1 aliphatic carbocycles. The smallest absolute Gasteiger partial charge is 0.133 e. The highest BCUT2D eigenvalue weighted by atomic mass is 79.9. The molecule has 1 saturated carbocycles. The SMILES string of the molecule is O=C[C@@H](Br)CC1CC1. The standard InChI is InChI=1S/C6H9BrO/c7-6(4-8)3-5-1-2-5/h4-6H,1-3H2/t6-/m0/s1. The van der Waals surface area contributed by atoms with E-state index in [0.29, 0.717) is 0 Å². The third-order valence-corrected chi connectivity index (χ3v) is 1.99. The minimum Gasteiger partial charge on any atom is -0.302 e. The predicted octanol–water partition coefficient (Wildman–Crippen LogP) is 1.75. The Morgan fingerprint density at radius 3 is 2.75 bits per heavy atom. The molecule has 1 fully saturated rings. The number of carbonyl (C=O) groups excluding carboxylic acids is 1. The monoisotopic (exact) mass is 176 g/mol. The van der Waals surface area contributed by atoms with Crippen molar-refractivity contribution in [2.75, 3.05) is 0 Å². The molecule has 2 heteroatoms. The van der Waals surface area contributed by atoms with E-state index in [2.05, 4.69) is 15.9 Å². The molecule has 0 saturated heterocycles. The maximum atomic E-state index is 10.0. The van der Waals surface area contributed by atoms with Gasteiger partial charge in [0.2, 0.25) is 0 Å². The number of hydrogen-bond donors (Lipinski definition) is 0. The van der Waals surface area contributed by atoms with E-state index in [4.69, 9.17) is 0 Å². The van der Waals surface area contributed by atoms with Crippen molar-refractivity contribution in [2.24, 2.45) is 5.92 Å². The minimum absolute atomic E-state index is 0.120. The highest BCUT2D eigenvalue weighted by Crippen LogP contribution is 2.34. The van der Waals surface area contributed by atoms with Crippen molar-refractivity contribution in [3.63, 3.8) is 0 Å². The molecule has 1 aliphatic rings. The minimum atomic E-state index is 0.120. The Balaban J connectivity index is 2.06. The van der Waals surface area contributed by atoms with Crippen LogP contribution in [0.2, 0.25) is 0 Å². The van der Waals surface area contributed by atoms with Gasteiger partial charge in [0.1, 0.15) is 6.29 Å². The molecule has 1 atom stereocenters. The van der Waals surface area contributed by atoms with Crippen LogP contribution in [0.15, 0.2) is 0 Å².